The van der Waals surface area contributed by atoms with E-state index in [9.17, 15) is 23.7 Å². The molecule has 1 fully saturated rings. The van der Waals surface area contributed by atoms with Crippen molar-refractivity contribution in [2.24, 2.45) is 0 Å². The lowest BCUT2D eigenvalue weighted by Crippen LogP contribution is -2.26. The number of aromatic nitrogens is 4. The minimum atomic E-state index is -5.39. The summed E-state index contributed by atoms with van der Waals surface area (Å²) in [5, 5.41) is 10.2. The average molecular weight is 487 g/mol. The zero-order valence-corrected chi connectivity index (χ0v) is 17.8. The number of fused-ring (bicyclic) bond motifs is 1. The lowest BCUT2D eigenvalue weighted by atomic mass is 10.2. The van der Waals surface area contributed by atoms with E-state index in [1.807, 2.05) is 0 Å². The predicted molar refractivity (Wildman–Crippen MR) is 100 cm³/mol. The summed E-state index contributed by atoms with van der Waals surface area (Å²) in [6.45, 7) is -0.537. The molecule has 5 unspecified atom stereocenters. The Bertz CT molecular complexity index is 1080. The number of aliphatic hydroxyl groups is 1. The second-order valence-electron chi connectivity index (χ2n) is 6.20. The molecule has 5 atom stereocenters. The van der Waals surface area contributed by atoms with Crippen LogP contribution in [0.3, 0.4) is 0 Å². The van der Waals surface area contributed by atoms with Gasteiger partial charge in [0.15, 0.2) is 11.5 Å². The van der Waals surface area contributed by atoms with Gasteiger partial charge in [0.1, 0.15) is 24.2 Å². The number of hydrogen-bond acceptors (Lipinski definition) is 12. The Labute approximate surface area is 169 Å². The van der Waals surface area contributed by atoms with E-state index >= 15 is 0 Å². The summed E-state index contributed by atoms with van der Waals surface area (Å²) in [7, 11) is -14.3. The first-order valence-electron chi connectivity index (χ1n) is 8.06. The minimum Gasteiger partial charge on any atom is -0.390 e. The van der Waals surface area contributed by atoms with E-state index in [4.69, 9.17) is 24.8 Å². The Morgan fingerprint density at radius 2 is 1.93 bits per heavy atom. The Hall–Kier alpha value is -1.22. The van der Waals surface area contributed by atoms with Crippen LogP contribution >= 0.6 is 23.1 Å². The maximum absolute atomic E-state index is 12.2. The first-order chi connectivity index (χ1) is 13.8. The summed E-state index contributed by atoms with van der Waals surface area (Å²) in [5.41, 5.74) is 6.42. The minimum absolute atomic E-state index is 0.0814. The van der Waals surface area contributed by atoms with Crippen LogP contribution in [-0.2, 0) is 31.6 Å². The van der Waals surface area contributed by atoms with Crippen LogP contribution in [0.25, 0.3) is 11.2 Å². The Morgan fingerprint density at radius 1 is 1.23 bits per heavy atom. The third-order valence-corrected chi connectivity index (χ3v) is 8.14. The molecule has 16 nitrogen and oxygen atoms in total. The van der Waals surface area contributed by atoms with Crippen molar-refractivity contribution in [3.8, 4) is 0 Å². The summed E-state index contributed by atoms with van der Waals surface area (Å²) >= 11 is 0. The van der Waals surface area contributed by atoms with Crippen LogP contribution in [0.5, 0.6) is 0 Å². The molecule has 0 spiro atoms. The maximum Gasteiger partial charge on any atom is 0.487 e. The molecule has 3 rings (SSSR count). The van der Waals surface area contributed by atoms with Gasteiger partial charge in [0.2, 0.25) is 0 Å². The van der Waals surface area contributed by atoms with Gasteiger partial charge < -0.3 is 34.8 Å². The molecule has 0 bridgehead atoms. The number of nitrogens with two attached hydrogens (primary N) is 1. The van der Waals surface area contributed by atoms with Crippen LogP contribution in [0.2, 0.25) is 0 Å². The van der Waals surface area contributed by atoms with Gasteiger partial charge in [-0.3, -0.25) is 9.13 Å². The van der Waals surface area contributed by atoms with Gasteiger partial charge in [-0.15, -0.1) is 0 Å². The number of ether oxygens (including phenoxy) is 1. The smallest absolute Gasteiger partial charge is 0.390 e. The molecule has 20 heteroatoms. The van der Waals surface area contributed by atoms with E-state index in [-0.39, 0.29) is 12.2 Å². The lowest BCUT2D eigenvalue weighted by Gasteiger charge is -2.21. The predicted octanol–water partition coefficient (Wildman–Crippen LogP) is -0.959. The number of nitrogen functional groups attached to an aromatic ring is 1. The highest BCUT2D eigenvalue weighted by molar-refractivity contribution is 7.84. The number of imidazole rings is 1. The van der Waals surface area contributed by atoms with Crippen molar-refractivity contribution in [3.05, 3.63) is 12.7 Å². The van der Waals surface area contributed by atoms with Crippen molar-refractivity contribution < 1.29 is 51.4 Å². The summed E-state index contributed by atoms with van der Waals surface area (Å²) in [4.78, 5) is 38.4. The fourth-order valence-corrected chi connectivity index (χ4v) is 6.25. The normalized spacial score (nSPS) is 26.5. The zero-order valence-electron chi connectivity index (χ0n) is 15.2. The van der Waals surface area contributed by atoms with Crippen molar-refractivity contribution in [2.75, 3.05) is 12.3 Å². The maximum atomic E-state index is 12.2. The summed E-state index contributed by atoms with van der Waals surface area (Å²) < 4.78 is 54.2. The van der Waals surface area contributed by atoms with Gasteiger partial charge in [-0.25, -0.2) is 28.4 Å². The Kier molecular flexibility index (Phi) is 6.55. The van der Waals surface area contributed by atoms with Crippen LogP contribution in [0.4, 0.5) is 5.82 Å². The van der Waals surface area contributed by atoms with Crippen molar-refractivity contribution in [1.82, 2.24) is 19.5 Å². The fourth-order valence-electron chi connectivity index (χ4n) is 2.69. The number of aliphatic hydroxyl groups excluding tert-OH is 1. The van der Waals surface area contributed by atoms with E-state index in [1.165, 1.54) is 17.2 Å². The zero-order chi connectivity index (χ0) is 22.3. The van der Waals surface area contributed by atoms with Crippen LogP contribution in [0.15, 0.2) is 12.7 Å². The third kappa shape index (κ3) is 5.72. The van der Waals surface area contributed by atoms with Crippen LogP contribution in [0, 0.1) is 0 Å². The molecule has 30 heavy (non-hydrogen) atoms. The first-order valence-corrected chi connectivity index (χ1v) is 13.1. The quantitative estimate of drug-likeness (QED) is 0.223. The van der Waals surface area contributed by atoms with Crippen molar-refractivity contribution in [2.45, 2.75) is 24.9 Å². The second kappa shape index (κ2) is 8.38. The Morgan fingerprint density at radius 3 is 2.60 bits per heavy atom. The van der Waals surface area contributed by atoms with E-state index in [0.29, 0.717) is 11.2 Å². The molecule has 6 N–H and O–H groups in total. The Balaban J connectivity index is 1.64. The van der Waals surface area contributed by atoms with Crippen molar-refractivity contribution in [3.63, 3.8) is 0 Å². The van der Waals surface area contributed by atoms with Crippen molar-refractivity contribution >= 4 is 47.7 Å². The van der Waals surface area contributed by atoms with Gasteiger partial charge in [0, 0.05) is 6.42 Å². The third-order valence-electron chi connectivity index (χ3n) is 3.84. The van der Waals surface area contributed by atoms with Gasteiger partial charge in [-0.2, -0.15) is 4.31 Å². The largest absolute Gasteiger partial charge is 0.487 e. The van der Waals surface area contributed by atoms with Crippen LogP contribution in [0.1, 0.15) is 12.6 Å². The summed E-state index contributed by atoms with van der Waals surface area (Å²) in [6, 6.07) is 0. The fraction of sp³-hybridized carbons (Fsp3) is 0.500. The molecule has 0 aromatic carbocycles. The van der Waals surface area contributed by atoms with E-state index in [1.54, 1.807) is 0 Å². The van der Waals surface area contributed by atoms with E-state index in [2.05, 4.69) is 23.6 Å². The standard InChI is InChI=1S/C10H17BN5O11P3/c11-28(18,26-30(22,23)27-29(19,20)21)24-2-6-5(17)1-7(25-6)16-4-15-8-9(12)13-3-14-10(8)16/h3-7,17H,1-2,11H2,(H,22,23)(H2,12,13,14)(H2,19,20,21). The number of phosphoric acid groups is 2. The molecule has 1 saturated heterocycles. The molecule has 0 aliphatic carbocycles. The molecule has 3 heterocycles. The van der Waals surface area contributed by atoms with Gasteiger partial charge >= 0.3 is 15.6 Å². The topological polar surface area (TPSA) is 239 Å². The van der Waals surface area contributed by atoms with Crippen molar-refractivity contribution in [1.29, 1.82) is 0 Å². The monoisotopic (exact) mass is 487 g/mol. The van der Waals surface area contributed by atoms with Gasteiger partial charge in [-0.05, 0) is 0 Å². The van der Waals surface area contributed by atoms with Gasteiger partial charge in [-0.1, -0.05) is 0 Å². The molecule has 1 aliphatic heterocycles. The molecule has 2 aromatic rings. The molecular weight excluding hydrogens is 470 g/mol. The number of nitrogens with zero attached hydrogens (tertiary/aromatic N) is 4. The second-order valence-corrected chi connectivity index (χ2v) is 11.2. The molecule has 0 amide bonds. The highest BCUT2D eigenvalue weighted by Crippen LogP contribution is 2.66. The van der Waals surface area contributed by atoms with Crippen LogP contribution < -0.4 is 5.73 Å². The number of rotatable bonds is 8. The molecule has 1 aliphatic rings. The lowest BCUT2D eigenvalue weighted by molar-refractivity contribution is -0.0388. The molecule has 0 radical (unpaired) electrons. The SMILES string of the molecule is BP(=O)(OCC1OC(n2cnc3c(N)ncnc32)CC1O)OP(=O)(O)OP(=O)(O)O. The highest BCUT2D eigenvalue weighted by Gasteiger charge is 2.41. The summed E-state index contributed by atoms with van der Waals surface area (Å²) in [5.74, 6) is 0.159. The average Bonchev–Trinajstić information content (AvgIpc) is 3.14. The number of hydrogen-bond donors (Lipinski definition) is 5. The van der Waals surface area contributed by atoms with E-state index in [0.717, 1.165) is 7.57 Å². The van der Waals surface area contributed by atoms with E-state index < -0.39 is 48.2 Å². The van der Waals surface area contributed by atoms with Gasteiger partial charge in [0.05, 0.1) is 19.0 Å². The molecule has 2 aromatic heterocycles. The number of anilines is 1. The molecular formula is C10H17BN5O11P3. The molecule has 166 valence electrons. The summed E-state index contributed by atoms with van der Waals surface area (Å²) in [6.07, 6.45) is -0.126. The molecule has 0 saturated carbocycles. The first kappa shape index (κ1) is 23.4. The van der Waals surface area contributed by atoms with Gasteiger partial charge in [0.25, 0.3) is 15.0 Å². The van der Waals surface area contributed by atoms with Crippen LogP contribution in [-0.4, -0.2) is 65.7 Å². The highest BCUT2D eigenvalue weighted by atomic mass is 31.3.